The first-order valence-corrected chi connectivity index (χ1v) is 9.47. The molecule has 0 aliphatic carbocycles. The van der Waals surface area contributed by atoms with E-state index in [4.69, 9.17) is 9.26 Å². The molecule has 1 atom stereocenters. The number of amides is 1. The first kappa shape index (κ1) is 19.4. The molecule has 0 bridgehead atoms. The van der Waals surface area contributed by atoms with E-state index in [2.05, 4.69) is 34.2 Å². The van der Waals surface area contributed by atoms with Gasteiger partial charge in [0.2, 0.25) is 0 Å². The van der Waals surface area contributed by atoms with Crippen LogP contribution in [0.25, 0.3) is 11.3 Å². The van der Waals surface area contributed by atoms with Gasteiger partial charge in [-0.25, -0.2) is 0 Å². The van der Waals surface area contributed by atoms with Crippen molar-refractivity contribution < 1.29 is 14.1 Å². The van der Waals surface area contributed by atoms with Gasteiger partial charge in [0, 0.05) is 50.4 Å². The molecule has 1 fully saturated rings. The molecule has 146 valence electrons. The summed E-state index contributed by atoms with van der Waals surface area (Å²) >= 11 is 0. The second-order valence-corrected chi connectivity index (χ2v) is 6.93. The topological polar surface area (TPSA) is 70.8 Å². The third kappa shape index (κ3) is 5.08. The SMILES string of the molecule is CCOc1ccc(-c2cc(C(=O)NCC(C)N3CCN(C)CC3)no2)cc1. The van der Waals surface area contributed by atoms with Crippen molar-refractivity contribution in [1.29, 1.82) is 0 Å². The van der Waals surface area contributed by atoms with Crippen LogP contribution in [-0.4, -0.2) is 73.3 Å². The molecule has 7 nitrogen and oxygen atoms in total. The second kappa shape index (κ2) is 9.01. The van der Waals surface area contributed by atoms with Crippen molar-refractivity contribution in [2.24, 2.45) is 0 Å². The molecule has 1 aliphatic rings. The third-order valence-electron chi connectivity index (χ3n) is 4.91. The van der Waals surface area contributed by atoms with E-state index >= 15 is 0 Å². The highest BCUT2D eigenvalue weighted by atomic mass is 16.5. The standard InChI is InChI=1S/C20H28N4O3/c1-4-26-17-7-5-16(6-8-17)19-13-18(22-27-19)20(25)21-14-15(2)24-11-9-23(3)10-12-24/h5-8,13,15H,4,9-12,14H2,1-3H3,(H,21,25). The molecule has 1 amide bonds. The monoisotopic (exact) mass is 372 g/mol. The van der Waals surface area contributed by atoms with Gasteiger partial charge in [-0.1, -0.05) is 5.16 Å². The fraction of sp³-hybridized carbons (Fsp3) is 0.500. The lowest BCUT2D eigenvalue weighted by Crippen LogP contribution is -2.51. The molecule has 2 heterocycles. The maximum Gasteiger partial charge on any atom is 0.273 e. The lowest BCUT2D eigenvalue weighted by Gasteiger charge is -2.36. The Bertz CT molecular complexity index is 736. The molecular formula is C20H28N4O3. The fourth-order valence-corrected chi connectivity index (χ4v) is 3.12. The number of benzene rings is 1. The lowest BCUT2D eigenvalue weighted by atomic mass is 10.1. The quantitative estimate of drug-likeness (QED) is 0.803. The highest BCUT2D eigenvalue weighted by Crippen LogP contribution is 2.23. The number of rotatable bonds is 7. The van der Waals surface area contributed by atoms with Crippen molar-refractivity contribution in [2.75, 3.05) is 46.4 Å². The van der Waals surface area contributed by atoms with Gasteiger partial charge in [-0.15, -0.1) is 0 Å². The zero-order chi connectivity index (χ0) is 19.2. The van der Waals surface area contributed by atoms with E-state index in [1.165, 1.54) is 0 Å². The van der Waals surface area contributed by atoms with Crippen LogP contribution in [0.15, 0.2) is 34.9 Å². The van der Waals surface area contributed by atoms with Gasteiger partial charge >= 0.3 is 0 Å². The Morgan fingerprint density at radius 2 is 1.96 bits per heavy atom. The van der Waals surface area contributed by atoms with Crippen molar-refractivity contribution in [1.82, 2.24) is 20.3 Å². The minimum absolute atomic E-state index is 0.211. The number of piperazine rings is 1. The van der Waals surface area contributed by atoms with Gasteiger partial charge in [0.05, 0.1) is 6.61 Å². The van der Waals surface area contributed by atoms with Gasteiger partial charge in [-0.3, -0.25) is 9.69 Å². The van der Waals surface area contributed by atoms with E-state index in [0.717, 1.165) is 37.5 Å². The Labute approximate surface area is 160 Å². The zero-order valence-electron chi connectivity index (χ0n) is 16.3. The number of hydrogen-bond donors (Lipinski definition) is 1. The summed E-state index contributed by atoms with van der Waals surface area (Å²) in [5.41, 5.74) is 1.15. The molecule has 1 N–H and O–H groups in total. The third-order valence-corrected chi connectivity index (χ3v) is 4.91. The molecule has 1 aromatic carbocycles. The van der Waals surface area contributed by atoms with Crippen LogP contribution in [0, 0.1) is 0 Å². The average molecular weight is 372 g/mol. The summed E-state index contributed by atoms with van der Waals surface area (Å²) in [4.78, 5) is 17.1. The van der Waals surface area contributed by atoms with E-state index in [-0.39, 0.29) is 5.91 Å². The molecule has 1 aliphatic heterocycles. The van der Waals surface area contributed by atoms with Gasteiger partial charge in [-0.2, -0.15) is 0 Å². The maximum atomic E-state index is 12.4. The Hall–Kier alpha value is -2.38. The Morgan fingerprint density at radius 1 is 1.26 bits per heavy atom. The zero-order valence-corrected chi connectivity index (χ0v) is 16.3. The summed E-state index contributed by atoms with van der Waals surface area (Å²) in [6.45, 7) is 9.48. The number of carbonyl (C=O) groups is 1. The molecule has 7 heteroatoms. The number of nitrogens with zero attached hydrogens (tertiary/aromatic N) is 3. The second-order valence-electron chi connectivity index (χ2n) is 6.93. The van der Waals surface area contributed by atoms with Crippen molar-refractivity contribution in [3.8, 4) is 17.1 Å². The van der Waals surface area contributed by atoms with Crippen LogP contribution in [0.2, 0.25) is 0 Å². The van der Waals surface area contributed by atoms with Crippen LogP contribution in [0.4, 0.5) is 0 Å². The number of likely N-dealkylation sites (N-methyl/N-ethyl adjacent to an activating group) is 1. The molecule has 2 aromatic rings. The van der Waals surface area contributed by atoms with Crippen molar-refractivity contribution >= 4 is 5.91 Å². The molecule has 1 aromatic heterocycles. The van der Waals surface area contributed by atoms with E-state index < -0.39 is 0 Å². The Kier molecular flexibility index (Phi) is 6.47. The largest absolute Gasteiger partial charge is 0.494 e. The summed E-state index contributed by atoms with van der Waals surface area (Å²) in [5, 5.41) is 6.87. The van der Waals surface area contributed by atoms with E-state index in [9.17, 15) is 4.79 Å². The van der Waals surface area contributed by atoms with E-state index in [1.54, 1.807) is 6.07 Å². The highest BCUT2D eigenvalue weighted by molar-refractivity contribution is 5.93. The average Bonchev–Trinajstić information content (AvgIpc) is 3.17. The summed E-state index contributed by atoms with van der Waals surface area (Å²) in [6, 6.07) is 9.49. The Balaban J connectivity index is 1.53. The molecule has 3 rings (SSSR count). The summed E-state index contributed by atoms with van der Waals surface area (Å²) < 4.78 is 10.8. The fourth-order valence-electron chi connectivity index (χ4n) is 3.12. The first-order chi connectivity index (χ1) is 13.1. The summed E-state index contributed by atoms with van der Waals surface area (Å²) in [7, 11) is 2.14. The van der Waals surface area contributed by atoms with Crippen LogP contribution < -0.4 is 10.1 Å². The normalized spacial score (nSPS) is 16.9. The van der Waals surface area contributed by atoms with Gasteiger partial charge in [0.1, 0.15) is 5.75 Å². The number of carbonyl (C=O) groups excluding carboxylic acids is 1. The van der Waals surface area contributed by atoms with E-state index in [0.29, 0.717) is 30.6 Å². The van der Waals surface area contributed by atoms with Gasteiger partial charge in [0.25, 0.3) is 5.91 Å². The number of ether oxygens (including phenoxy) is 1. The van der Waals surface area contributed by atoms with Crippen molar-refractivity contribution in [3.63, 3.8) is 0 Å². The lowest BCUT2D eigenvalue weighted by molar-refractivity contribution is 0.0895. The molecule has 1 saturated heterocycles. The molecule has 0 radical (unpaired) electrons. The van der Waals surface area contributed by atoms with Gasteiger partial charge < -0.3 is 19.5 Å². The maximum absolute atomic E-state index is 12.4. The van der Waals surface area contributed by atoms with Crippen LogP contribution in [0.3, 0.4) is 0 Å². The van der Waals surface area contributed by atoms with E-state index in [1.807, 2.05) is 31.2 Å². The van der Waals surface area contributed by atoms with Gasteiger partial charge in [0.15, 0.2) is 11.5 Å². The summed E-state index contributed by atoms with van der Waals surface area (Å²) in [5.74, 6) is 1.16. The summed E-state index contributed by atoms with van der Waals surface area (Å²) in [6.07, 6.45) is 0. The van der Waals surface area contributed by atoms with Crippen LogP contribution >= 0.6 is 0 Å². The number of nitrogens with one attached hydrogen (secondary N) is 1. The van der Waals surface area contributed by atoms with Crippen LogP contribution in [0.5, 0.6) is 5.75 Å². The highest BCUT2D eigenvalue weighted by Gasteiger charge is 2.20. The molecule has 0 saturated carbocycles. The van der Waals surface area contributed by atoms with Crippen LogP contribution in [0.1, 0.15) is 24.3 Å². The van der Waals surface area contributed by atoms with Gasteiger partial charge in [-0.05, 0) is 45.2 Å². The minimum atomic E-state index is -0.211. The first-order valence-electron chi connectivity index (χ1n) is 9.47. The predicted octanol–water partition coefficient (Wildman–Crippen LogP) is 2.11. The molecular weight excluding hydrogens is 344 g/mol. The Morgan fingerprint density at radius 3 is 2.63 bits per heavy atom. The van der Waals surface area contributed by atoms with Crippen molar-refractivity contribution in [3.05, 3.63) is 36.0 Å². The minimum Gasteiger partial charge on any atom is -0.494 e. The number of aromatic nitrogens is 1. The molecule has 27 heavy (non-hydrogen) atoms. The van der Waals surface area contributed by atoms with Crippen molar-refractivity contribution in [2.45, 2.75) is 19.9 Å². The van der Waals surface area contributed by atoms with Crippen LogP contribution in [-0.2, 0) is 0 Å². The molecule has 0 spiro atoms. The smallest absolute Gasteiger partial charge is 0.273 e. The number of hydrogen-bond acceptors (Lipinski definition) is 6. The molecule has 1 unspecified atom stereocenters. The predicted molar refractivity (Wildman–Crippen MR) is 104 cm³/mol.